The number of carbonyl (C=O) groups is 1. The summed E-state index contributed by atoms with van der Waals surface area (Å²) in [5, 5.41) is 4.82. The molecule has 7 heteroatoms. The van der Waals surface area contributed by atoms with Crippen LogP contribution in [0.2, 0.25) is 0 Å². The Bertz CT molecular complexity index is 1350. The first-order valence-electron chi connectivity index (χ1n) is 12.4. The van der Waals surface area contributed by atoms with Crippen molar-refractivity contribution in [2.24, 2.45) is 0 Å². The summed E-state index contributed by atoms with van der Waals surface area (Å²) in [6.45, 7) is 6.39. The molecule has 7 nitrogen and oxygen atoms in total. The van der Waals surface area contributed by atoms with Gasteiger partial charge in [-0.25, -0.2) is 4.68 Å². The van der Waals surface area contributed by atoms with E-state index in [0.717, 1.165) is 23.4 Å². The number of aromatic nitrogens is 2. The fourth-order valence-corrected chi connectivity index (χ4v) is 4.12. The molecular formula is C30H33N3O4. The van der Waals surface area contributed by atoms with Crippen LogP contribution in [0.25, 0.3) is 5.69 Å². The third-order valence-electron chi connectivity index (χ3n) is 6.44. The van der Waals surface area contributed by atoms with Crippen molar-refractivity contribution in [3.8, 4) is 28.8 Å². The molecule has 4 rings (SSSR count). The van der Waals surface area contributed by atoms with E-state index in [-0.39, 0.29) is 11.9 Å². The summed E-state index contributed by atoms with van der Waals surface area (Å²) < 4.78 is 19.2. The summed E-state index contributed by atoms with van der Waals surface area (Å²) in [7, 11) is 3.21. The van der Waals surface area contributed by atoms with E-state index in [0.29, 0.717) is 35.2 Å². The van der Waals surface area contributed by atoms with Crippen molar-refractivity contribution in [1.29, 1.82) is 0 Å². The smallest absolute Gasteiger partial charge is 0.254 e. The zero-order valence-corrected chi connectivity index (χ0v) is 22.0. The molecule has 0 aliphatic carbocycles. The normalized spacial score (nSPS) is 11.6. The van der Waals surface area contributed by atoms with E-state index < -0.39 is 0 Å². The van der Waals surface area contributed by atoms with Gasteiger partial charge in [0.1, 0.15) is 5.75 Å². The van der Waals surface area contributed by atoms with E-state index in [4.69, 9.17) is 19.3 Å². The third kappa shape index (κ3) is 5.61. The van der Waals surface area contributed by atoms with Crippen LogP contribution in [0, 0.1) is 6.92 Å². The highest BCUT2D eigenvalue weighted by molar-refractivity contribution is 5.94. The monoisotopic (exact) mass is 499 g/mol. The van der Waals surface area contributed by atoms with E-state index in [1.54, 1.807) is 25.0 Å². The lowest BCUT2D eigenvalue weighted by Crippen LogP contribution is -2.38. The predicted molar refractivity (Wildman–Crippen MR) is 144 cm³/mol. The molecule has 1 atom stereocenters. The van der Waals surface area contributed by atoms with E-state index in [9.17, 15) is 4.79 Å². The number of methoxy groups -OCH3 is 2. The Morgan fingerprint density at radius 3 is 2.32 bits per heavy atom. The Morgan fingerprint density at radius 2 is 1.65 bits per heavy atom. The molecule has 0 bridgehead atoms. The van der Waals surface area contributed by atoms with Crippen LogP contribution < -0.4 is 14.2 Å². The van der Waals surface area contributed by atoms with Gasteiger partial charge in [-0.1, -0.05) is 43.3 Å². The largest absolute Gasteiger partial charge is 0.497 e. The summed E-state index contributed by atoms with van der Waals surface area (Å²) in [5.74, 6) is 2.28. The fraction of sp³-hybridized carbons (Fsp3) is 0.267. The molecule has 0 radical (unpaired) electrons. The lowest BCUT2D eigenvalue weighted by atomic mass is 10.1. The minimum Gasteiger partial charge on any atom is -0.497 e. The molecular weight excluding hydrogens is 466 g/mol. The highest BCUT2D eigenvalue weighted by Crippen LogP contribution is 2.36. The highest BCUT2D eigenvalue weighted by atomic mass is 16.5. The average Bonchev–Trinajstić information content (AvgIpc) is 3.25. The molecule has 1 amide bonds. The first kappa shape index (κ1) is 25.8. The second-order valence-electron chi connectivity index (χ2n) is 8.79. The topological polar surface area (TPSA) is 65.8 Å². The number of amides is 1. The standard InChI is InChI=1S/C30H33N3O4/c1-6-21(2)32(29(34)23-13-12-16-25(19-23)35-4)20-26-22(3)31-33(24-14-8-7-9-15-24)30(26)37-28-18-11-10-17-27(28)36-5/h7-19,21H,6,20H2,1-5H3/t21-/m1/s1. The van der Waals surface area contributed by atoms with E-state index >= 15 is 0 Å². The predicted octanol–water partition coefficient (Wildman–Crippen LogP) is 6.43. The van der Waals surface area contributed by atoms with Gasteiger partial charge in [0.05, 0.1) is 37.7 Å². The molecule has 0 aliphatic heterocycles. The Morgan fingerprint density at radius 1 is 0.946 bits per heavy atom. The Labute approximate surface area is 218 Å². The van der Waals surface area contributed by atoms with Crippen LogP contribution in [0.15, 0.2) is 78.9 Å². The van der Waals surface area contributed by atoms with E-state index in [1.807, 2.05) is 84.6 Å². The van der Waals surface area contributed by atoms with Gasteiger partial charge in [0.2, 0.25) is 5.88 Å². The number of para-hydroxylation sites is 3. The molecule has 0 saturated heterocycles. The second-order valence-corrected chi connectivity index (χ2v) is 8.79. The van der Waals surface area contributed by atoms with E-state index in [1.165, 1.54) is 0 Å². The van der Waals surface area contributed by atoms with Crippen LogP contribution in [0.3, 0.4) is 0 Å². The van der Waals surface area contributed by atoms with Crippen molar-refractivity contribution in [3.63, 3.8) is 0 Å². The number of aryl methyl sites for hydroxylation is 1. The van der Waals surface area contributed by atoms with Gasteiger partial charge in [0.15, 0.2) is 11.5 Å². The van der Waals surface area contributed by atoms with Crippen LogP contribution in [0.1, 0.15) is 41.9 Å². The maximum absolute atomic E-state index is 13.8. The Balaban J connectivity index is 1.80. The second kappa shape index (κ2) is 11.6. The molecule has 4 aromatic rings. The van der Waals surface area contributed by atoms with Crippen molar-refractivity contribution in [1.82, 2.24) is 14.7 Å². The molecule has 192 valence electrons. The van der Waals surface area contributed by atoms with Crippen molar-refractivity contribution in [2.45, 2.75) is 39.8 Å². The van der Waals surface area contributed by atoms with Crippen LogP contribution in [0.5, 0.6) is 23.1 Å². The Hall–Kier alpha value is -4.26. The maximum atomic E-state index is 13.8. The first-order chi connectivity index (χ1) is 18.0. The van der Waals surface area contributed by atoms with Gasteiger partial charge in [-0.05, 0) is 62.7 Å². The van der Waals surface area contributed by atoms with Gasteiger partial charge in [0, 0.05) is 11.6 Å². The van der Waals surface area contributed by atoms with Gasteiger partial charge < -0.3 is 19.1 Å². The van der Waals surface area contributed by atoms with Gasteiger partial charge in [-0.15, -0.1) is 0 Å². The average molecular weight is 500 g/mol. The van der Waals surface area contributed by atoms with Gasteiger partial charge in [-0.2, -0.15) is 5.10 Å². The van der Waals surface area contributed by atoms with Crippen LogP contribution >= 0.6 is 0 Å². The molecule has 0 saturated carbocycles. The SMILES string of the molecule is CC[C@@H](C)N(Cc1c(C)nn(-c2ccccc2)c1Oc1ccccc1OC)C(=O)c1cccc(OC)c1. The third-order valence-corrected chi connectivity index (χ3v) is 6.44. The molecule has 0 spiro atoms. The fourth-order valence-electron chi connectivity index (χ4n) is 4.12. The van der Waals surface area contributed by atoms with Crippen LogP contribution in [-0.2, 0) is 6.54 Å². The molecule has 37 heavy (non-hydrogen) atoms. The lowest BCUT2D eigenvalue weighted by Gasteiger charge is -2.29. The maximum Gasteiger partial charge on any atom is 0.254 e. The van der Waals surface area contributed by atoms with Gasteiger partial charge in [0.25, 0.3) is 5.91 Å². The number of hydrogen-bond donors (Lipinski definition) is 0. The van der Waals surface area contributed by atoms with Crippen LogP contribution in [-0.4, -0.2) is 40.8 Å². The lowest BCUT2D eigenvalue weighted by molar-refractivity contribution is 0.0669. The molecule has 0 fully saturated rings. The van der Waals surface area contributed by atoms with Crippen LogP contribution in [0.4, 0.5) is 0 Å². The van der Waals surface area contributed by atoms with Gasteiger partial charge >= 0.3 is 0 Å². The number of carbonyl (C=O) groups excluding carboxylic acids is 1. The quantitative estimate of drug-likeness (QED) is 0.252. The van der Waals surface area contributed by atoms with Crippen molar-refractivity contribution in [3.05, 3.63) is 95.7 Å². The zero-order chi connectivity index (χ0) is 26.4. The minimum atomic E-state index is -0.0802. The molecule has 0 aliphatic rings. The molecule has 0 unspecified atom stereocenters. The molecule has 1 heterocycles. The summed E-state index contributed by atoms with van der Waals surface area (Å²) >= 11 is 0. The zero-order valence-electron chi connectivity index (χ0n) is 22.0. The minimum absolute atomic E-state index is 0.0164. The van der Waals surface area contributed by atoms with Crippen molar-refractivity contribution < 1.29 is 19.0 Å². The Kier molecular flexibility index (Phi) is 8.13. The highest BCUT2D eigenvalue weighted by Gasteiger charge is 2.27. The number of nitrogens with zero attached hydrogens (tertiary/aromatic N) is 3. The molecule has 0 N–H and O–H groups in total. The van der Waals surface area contributed by atoms with Crippen molar-refractivity contribution in [2.75, 3.05) is 14.2 Å². The summed E-state index contributed by atoms with van der Waals surface area (Å²) in [6, 6.07) is 24.5. The number of hydrogen-bond acceptors (Lipinski definition) is 5. The number of ether oxygens (including phenoxy) is 3. The summed E-state index contributed by atoms with van der Waals surface area (Å²) in [6.07, 6.45) is 0.796. The van der Waals surface area contributed by atoms with Crippen molar-refractivity contribution >= 4 is 5.91 Å². The van der Waals surface area contributed by atoms with E-state index in [2.05, 4.69) is 13.8 Å². The first-order valence-corrected chi connectivity index (χ1v) is 12.4. The van der Waals surface area contributed by atoms with Gasteiger partial charge in [-0.3, -0.25) is 4.79 Å². The number of rotatable bonds is 10. The molecule has 3 aromatic carbocycles. The molecule has 1 aromatic heterocycles. The number of benzene rings is 3. The summed E-state index contributed by atoms with van der Waals surface area (Å²) in [5.41, 5.74) is 3.03. The summed E-state index contributed by atoms with van der Waals surface area (Å²) in [4.78, 5) is 15.6.